The van der Waals surface area contributed by atoms with Crippen LogP contribution in [0.25, 0.3) is 32.0 Å². The first-order valence-corrected chi connectivity index (χ1v) is 16.4. The molecule has 3 aromatic heterocycles. The Balaban J connectivity index is 1.37. The molecule has 1 fully saturated rings. The maximum Gasteiger partial charge on any atom is 0.326 e. The summed E-state index contributed by atoms with van der Waals surface area (Å²) in [6.07, 6.45) is 2.99. The molecule has 0 spiro atoms. The zero-order valence-electron chi connectivity index (χ0n) is 26.0. The number of aliphatic carboxylic acids is 1. The number of carboxylic acid groups (broad SMARTS) is 1. The lowest BCUT2D eigenvalue weighted by molar-refractivity contribution is -0.137. The van der Waals surface area contributed by atoms with Crippen molar-refractivity contribution in [2.24, 2.45) is 5.73 Å². The quantitative estimate of drug-likeness (QED) is 0.157. The van der Waals surface area contributed by atoms with Crippen molar-refractivity contribution in [1.29, 1.82) is 0 Å². The molecule has 13 heteroatoms. The number of hydrogen-bond acceptors (Lipinski definition) is 10. The summed E-state index contributed by atoms with van der Waals surface area (Å²) in [6, 6.07) is 13.1. The summed E-state index contributed by atoms with van der Waals surface area (Å²) in [7, 11) is 2.13. The number of carbonyl (C=O) groups excluding carboxylic acids is 1. The van der Waals surface area contributed by atoms with Crippen molar-refractivity contribution in [1.82, 2.24) is 19.8 Å². The Hall–Kier alpha value is -4.49. The summed E-state index contributed by atoms with van der Waals surface area (Å²) in [4.78, 5) is 39.8. The molecule has 1 saturated heterocycles. The number of primary amides is 1. The molecule has 0 unspecified atom stereocenters. The van der Waals surface area contributed by atoms with Crippen LogP contribution in [0.3, 0.4) is 0 Å². The van der Waals surface area contributed by atoms with Gasteiger partial charge in [0.1, 0.15) is 41.1 Å². The minimum Gasteiger partial charge on any atom is -0.491 e. The molecule has 1 aliphatic rings. The van der Waals surface area contributed by atoms with Crippen LogP contribution in [0.15, 0.2) is 65.5 Å². The number of piperazine rings is 1. The van der Waals surface area contributed by atoms with E-state index in [1.165, 1.54) is 17.7 Å². The normalized spacial score (nSPS) is 14.7. The van der Waals surface area contributed by atoms with E-state index >= 15 is 0 Å². The van der Waals surface area contributed by atoms with E-state index in [0.717, 1.165) is 54.3 Å². The second-order valence-electron chi connectivity index (χ2n) is 11.5. The Kier molecular flexibility index (Phi) is 9.73. The van der Waals surface area contributed by atoms with E-state index in [9.17, 15) is 14.7 Å². The minimum absolute atomic E-state index is 0.00449. The molecule has 47 heavy (non-hydrogen) atoms. The van der Waals surface area contributed by atoms with Gasteiger partial charge in [-0.3, -0.25) is 9.69 Å². The van der Waals surface area contributed by atoms with Crippen molar-refractivity contribution in [2.75, 3.05) is 51.7 Å². The van der Waals surface area contributed by atoms with Gasteiger partial charge in [0.2, 0.25) is 5.91 Å². The highest BCUT2D eigenvalue weighted by Gasteiger charge is 2.27. The number of furan rings is 1. The molecule has 11 nitrogen and oxygen atoms in total. The maximum atomic E-state index is 12.5. The van der Waals surface area contributed by atoms with Gasteiger partial charge in [-0.05, 0) is 54.9 Å². The predicted molar refractivity (Wildman–Crippen MR) is 183 cm³/mol. The number of nitrogens with one attached hydrogen (secondary N) is 1. The fourth-order valence-electron chi connectivity index (χ4n) is 5.80. The van der Waals surface area contributed by atoms with E-state index in [1.807, 2.05) is 31.2 Å². The van der Waals surface area contributed by atoms with Crippen LogP contribution in [0, 0.1) is 6.92 Å². The van der Waals surface area contributed by atoms with Crippen LogP contribution in [0.4, 0.5) is 5.82 Å². The molecular weight excluding hydrogens is 640 g/mol. The summed E-state index contributed by atoms with van der Waals surface area (Å²) in [6.45, 7) is 7.34. The molecule has 0 radical (unpaired) electrons. The van der Waals surface area contributed by atoms with E-state index in [2.05, 4.69) is 32.1 Å². The fourth-order valence-corrected chi connectivity index (χ4v) is 7.15. The number of halogens is 1. The van der Waals surface area contributed by atoms with Gasteiger partial charge in [-0.1, -0.05) is 35.9 Å². The number of ether oxygens (including phenoxy) is 1. The highest BCUT2D eigenvalue weighted by Crippen LogP contribution is 2.49. The topological polar surface area (TPSA) is 147 Å². The van der Waals surface area contributed by atoms with Gasteiger partial charge in [-0.2, -0.15) is 0 Å². The van der Waals surface area contributed by atoms with E-state index in [0.29, 0.717) is 44.7 Å². The van der Waals surface area contributed by atoms with Crippen molar-refractivity contribution in [3.63, 3.8) is 0 Å². The van der Waals surface area contributed by atoms with Gasteiger partial charge >= 0.3 is 5.97 Å². The van der Waals surface area contributed by atoms with E-state index in [1.54, 1.807) is 30.5 Å². The zero-order chi connectivity index (χ0) is 33.1. The third kappa shape index (κ3) is 6.96. The Morgan fingerprint density at radius 1 is 1.13 bits per heavy atom. The molecule has 4 heterocycles. The molecule has 0 saturated carbocycles. The molecule has 2 aromatic carbocycles. The molecule has 1 amide bonds. The average molecular weight is 675 g/mol. The van der Waals surface area contributed by atoms with Crippen molar-refractivity contribution < 1.29 is 23.8 Å². The Morgan fingerprint density at radius 2 is 1.91 bits per heavy atom. The number of likely N-dealkylation sites (N-methyl/N-ethyl adjacent to an activating group) is 1. The SMILES string of the molecule is Cc1c(-c2c(-c3ccco3)sc3ncnc(N[C@H](Cc4ccccc4C(N)=O)C(=O)O)c23)ccc(OCCN2CCN(C)CC2)c1Cl. The second-order valence-corrected chi connectivity index (χ2v) is 12.9. The van der Waals surface area contributed by atoms with Gasteiger partial charge in [-0.25, -0.2) is 14.8 Å². The highest BCUT2D eigenvalue weighted by atomic mass is 35.5. The Bertz CT molecular complexity index is 1900. The molecule has 244 valence electrons. The number of amides is 1. The van der Waals surface area contributed by atoms with Crippen LogP contribution in [0.2, 0.25) is 5.02 Å². The van der Waals surface area contributed by atoms with Crippen LogP contribution >= 0.6 is 22.9 Å². The van der Waals surface area contributed by atoms with E-state index in [4.69, 9.17) is 26.5 Å². The number of hydrogen-bond donors (Lipinski definition) is 3. The van der Waals surface area contributed by atoms with Gasteiger partial charge in [0.15, 0.2) is 0 Å². The maximum absolute atomic E-state index is 12.5. The van der Waals surface area contributed by atoms with Crippen molar-refractivity contribution >= 4 is 50.8 Å². The number of carboxylic acids is 1. The van der Waals surface area contributed by atoms with Gasteiger partial charge in [0.25, 0.3) is 0 Å². The lowest BCUT2D eigenvalue weighted by Gasteiger charge is -2.32. The zero-order valence-corrected chi connectivity index (χ0v) is 27.6. The smallest absolute Gasteiger partial charge is 0.326 e. The molecule has 5 aromatic rings. The molecular formula is C34H35ClN6O5S. The molecule has 1 atom stereocenters. The van der Waals surface area contributed by atoms with Crippen LogP contribution in [0.1, 0.15) is 21.5 Å². The predicted octanol–water partition coefficient (Wildman–Crippen LogP) is 5.41. The van der Waals surface area contributed by atoms with Gasteiger partial charge in [0.05, 0.1) is 21.5 Å². The average Bonchev–Trinajstić information content (AvgIpc) is 3.73. The highest BCUT2D eigenvalue weighted by molar-refractivity contribution is 7.22. The van der Waals surface area contributed by atoms with Crippen LogP contribution in [-0.2, 0) is 11.2 Å². The first kappa shape index (κ1) is 32.5. The summed E-state index contributed by atoms with van der Waals surface area (Å²) < 4.78 is 12.0. The first-order chi connectivity index (χ1) is 22.7. The number of rotatable bonds is 12. The van der Waals surface area contributed by atoms with E-state index < -0.39 is 17.9 Å². The number of benzene rings is 2. The Morgan fingerprint density at radius 3 is 2.64 bits per heavy atom. The molecule has 4 N–H and O–H groups in total. The van der Waals surface area contributed by atoms with Gasteiger partial charge < -0.3 is 30.2 Å². The number of nitrogens with two attached hydrogens (primary N) is 1. The number of anilines is 1. The third-order valence-electron chi connectivity index (χ3n) is 8.43. The monoisotopic (exact) mass is 674 g/mol. The molecule has 0 aliphatic carbocycles. The summed E-state index contributed by atoms with van der Waals surface area (Å²) >= 11 is 8.36. The number of fused-ring (bicyclic) bond motifs is 1. The van der Waals surface area contributed by atoms with Gasteiger partial charge in [0, 0.05) is 50.3 Å². The lowest BCUT2D eigenvalue weighted by Crippen LogP contribution is -2.45. The minimum atomic E-state index is -1.13. The van der Waals surface area contributed by atoms with Crippen molar-refractivity contribution in [3.05, 3.63) is 82.8 Å². The number of carbonyl (C=O) groups is 2. The van der Waals surface area contributed by atoms with Crippen LogP contribution < -0.4 is 15.8 Å². The van der Waals surface area contributed by atoms with Crippen LogP contribution in [-0.4, -0.2) is 89.2 Å². The molecule has 1 aliphatic heterocycles. The van der Waals surface area contributed by atoms with Gasteiger partial charge in [-0.15, -0.1) is 11.3 Å². The Labute approximate surface area is 280 Å². The number of thiophene rings is 1. The van der Waals surface area contributed by atoms with Crippen molar-refractivity contribution in [3.8, 4) is 27.5 Å². The standard InChI is InChI=1S/C34H35ClN6O5S/c1-20-22(9-10-25(29(20)35)46-17-15-41-13-11-40(2)12-14-41)27-28-32(37-19-38-33(28)47-30(27)26-8-5-16-45-26)39-24(34(43)44)18-21-6-3-4-7-23(21)31(36)42/h3-10,16,19,24H,11-15,17-18H2,1-2H3,(H2,36,42)(H,43,44)(H,37,38,39)/t24-/m1/s1. The number of nitrogens with zero attached hydrogens (tertiary/aromatic N) is 4. The number of aromatic nitrogens is 2. The first-order valence-electron chi connectivity index (χ1n) is 15.2. The summed E-state index contributed by atoms with van der Waals surface area (Å²) in [5.41, 5.74) is 8.70. The fraction of sp³-hybridized carbons (Fsp3) is 0.294. The van der Waals surface area contributed by atoms with Crippen LogP contribution in [0.5, 0.6) is 5.75 Å². The third-order valence-corrected chi connectivity index (χ3v) is 10.0. The van der Waals surface area contributed by atoms with Crippen molar-refractivity contribution in [2.45, 2.75) is 19.4 Å². The summed E-state index contributed by atoms with van der Waals surface area (Å²) in [5.74, 6) is -0.198. The van der Waals surface area contributed by atoms with E-state index in [-0.39, 0.29) is 12.0 Å². The molecule has 0 bridgehead atoms. The second kappa shape index (κ2) is 14.1. The lowest BCUT2D eigenvalue weighted by atomic mass is 9.96. The largest absolute Gasteiger partial charge is 0.491 e. The molecule has 6 rings (SSSR count). The summed E-state index contributed by atoms with van der Waals surface area (Å²) in [5, 5.41) is 14.5.